The van der Waals surface area contributed by atoms with Crippen molar-refractivity contribution in [1.29, 1.82) is 5.41 Å². The van der Waals surface area contributed by atoms with Crippen molar-refractivity contribution in [2.75, 3.05) is 6.61 Å². The molecule has 1 N–H and O–H groups in total. The van der Waals surface area contributed by atoms with Crippen LogP contribution in [0.1, 0.15) is 13.8 Å². The molecule has 0 bridgehead atoms. The maximum atomic E-state index is 6.67. The lowest BCUT2D eigenvalue weighted by molar-refractivity contribution is 0.321. The Kier molecular flexibility index (Phi) is 8.54. The van der Waals surface area contributed by atoms with Gasteiger partial charge in [-0.05, 0) is 6.92 Å². The van der Waals surface area contributed by atoms with E-state index in [0.29, 0.717) is 6.61 Å². The van der Waals surface area contributed by atoms with E-state index in [0.717, 1.165) is 0 Å². The van der Waals surface area contributed by atoms with Crippen molar-refractivity contribution in [2.24, 2.45) is 0 Å². The Morgan fingerprint density at radius 1 is 1.71 bits per heavy atom. The third-order valence-corrected chi connectivity index (χ3v) is 0.361. The van der Waals surface area contributed by atoms with E-state index in [1.807, 2.05) is 6.92 Å². The second kappa shape index (κ2) is 5.95. The average molecular weight is 168 g/mol. The molecule has 0 saturated heterocycles. The van der Waals surface area contributed by atoms with Crippen LogP contribution < -0.4 is 0 Å². The van der Waals surface area contributed by atoms with Crippen molar-refractivity contribution in [3.8, 4) is 0 Å². The van der Waals surface area contributed by atoms with Crippen molar-refractivity contribution in [3.63, 3.8) is 0 Å². The van der Waals surface area contributed by atoms with Crippen LogP contribution in [-0.2, 0) is 4.74 Å². The second-order valence-electron chi connectivity index (χ2n) is 0.989. The first-order valence-corrected chi connectivity index (χ1v) is 1.95. The lowest BCUT2D eigenvalue weighted by Crippen LogP contribution is -1.94. The molecule has 44 valence electrons. The molecule has 0 spiro atoms. The Labute approximate surface area is 54.1 Å². The Hall–Kier alpha value is -0.0500. The minimum Gasteiger partial charge on any atom is -0.482 e. The SMILES string of the molecule is Br.CCOC(C)=N. The van der Waals surface area contributed by atoms with Gasteiger partial charge in [0.05, 0.1) is 6.61 Å². The van der Waals surface area contributed by atoms with Gasteiger partial charge in [0.2, 0.25) is 0 Å². The minimum absolute atomic E-state index is 0. The highest BCUT2D eigenvalue weighted by Gasteiger charge is 1.75. The molecule has 0 fully saturated rings. The highest BCUT2D eigenvalue weighted by molar-refractivity contribution is 8.93. The quantitative estimate of drug-likeness (QED) is 0.468. The molecular formula is C4H10BrNO. The average Bonchev–Trinajstić information content (AvgIpc) is 1.35. The van der Waals surface area contributed by atoms with E-state index in [-0.39, 0.29) is 22.9 Å². The van der Waals surface area contributed by atoms with Crippen LogP contribution in [0.3, 0.4) is 0 Å². The van der Waals surface area contributed by atoms with Crippen molar-refractivity contribution >= 4 is 22.9 Å². The first kappa shape index (κ1) is 10.0. The van der Waals surface area contributed by atoms with Crippen LogP contribution in [0.4, 0.5) is 0 Å². The molecule has 0 aliphatic heterocycles. The molecule has 0 aromatic carbocycles. The molecule has 0 radical (unpaired) electrons. The predicted octanol–water partition coefficient (Wildman–Crippen LogP) is 1.60. The first-order valence-electron chi connectivity index (χ1n) is 1.95. The smallest absolute Gasteiger partial charge is 0.177 e. The molecule has 0 atom stereocenters. The van der Waals surface area contributed by atoms with Crippen LogP contribution >= 0.6 is 17.0 Å². The second-order valence-corrected chi connectivity index (χ2v) is 0.989. The molecule has 0 aliphatic rings. The fraction of sp³-hybridized carbons (Fsp3) is 0.750. The van der Waals surface area contributed by atoms with Crippen LogP contribution in [0.25, 0.3) is 0 Å². The summed E-state index contributed by atoms with van der Waals surface area (Å²) >= 11 is 0. The van der Waals surface area contributed by atoms with Gasteiger partial charge >= 0.3 is 0 Å². The Morgan fingerprint density at radius 2 is 2.14 bits per heavy atom. The summed E-state index contributed by atoms with van der Waals surface area (Å²) in [6, 6.07) is 0. The molecule has 2 nitrogen and oxygen atoms in total. The van der Waals surface area contributed by atoms with Crippen molar-refractivity contribution < 1.29 is 4.74 Å². The van der Waals surface area contributed by atoms with Gasteiger partial charge in [-0.3, -0.25) is 5.41 Å². The third kappa shape index (κ3) is 10.7. The summed E-state index contributed by atoms with van der Waals surface area (Å²) in [7, 11) is 0. The van der Waals surface area contributed by atoms with Gasteiger partial charge in [-0.2, -0.15) is 0 Å². The van der Waals surface area contributed by atoms with Gasteiger partial charge in [-0.1, -0.05) is 0 Å². The number of halogens is 1. The zero-order chi connectivity index (χ0) is 4.99. The highest BCUT2D eigenvalue weighted by atomic mass is 79.9. The Bertz CT molecular complexity index is 55.7. The van der Waals surface area contributed by atoms with Gasteiger partial charge in [-0.15, -0.1) is 17.0 Å². The number of hydrogen-bond acceptors (Lipinski definition) is 2. The lowest BCUT2D eigenvalue weighted by Gasteiger charge is -1.93. The molecule has 0 heterocycles. The first-order chi connectivity index (χ1) is 2.77. The van der Waals surface area contributed by atoms with Crippen LogP contribution in [0.2, 0.25) is 0 Å². The number of rotatable bonds is 1. The van der Waals surface area contributed by atoms with E-state index in [1.165, 1.54) is 0 Å². The largest absolute Gasteiger partial charge is 0.482 e. The van der Waals surface area contributed by atoms with E-state index in [4.69, 9.17) is 5.41 Å². The van der Waals surface area contributed by atoms with Crippen LogP contribution in [-0.4, -0.2) is 12.5 Å². The summed E-state index contributed by atoms with van der Waals surface area (Å²) in [6.45, 7) is 4.08. The van der Waals surface area contributed by atoms with Crippen molar-refractivity contribution in [3.05, 3.63) is 0 Å². The van der Waals surface area contributed by atoms with E-state index in [9.17, 15) is 0 Å². The minimum atomic E-state index is 0. The molecule has 0 aromatic heterocycles. The number of hydrogen-bond donors (Lipinski definition) is 1. The zero-order valence-corrected chi connectivity index (χ0v) is 6.24. The molecule has 7 heavy (non-hydrogen) atoms. The normalized spacial score (nSPS) is 6.57. The lowest BCUT2D eigenvalue weighted by atomic mass is 10.7. The third-order valence-electron chi connectivity index (χ3n) is 0.361. The van der Waals surface area contributed by atoms with Gasteiger partial charge in [0, 0.05) is 6.92 Å². The molecule has 0 amide bonds. The van der Waals surface area contributed by atoms with Gasteiger partial charge in [-0.25, -0.2) is 0 Å². The predicted molar refractivity (Wildman–Crippen MR) is 35.3 cm³/mol. The fourth-order valence-corrected chi connectivity index (χ4v) is 0.217. The summed E-state index contributed by atoms with van der Waals surface area (Å²) in [5.41, 5.74) is 0. The Morgan fingerprint density at radius 3 is 2.14 bits per heavy atom. The summed E-state index contributed by atoms with van der Waals surface area (Å²) in [5, 5.41) is 6.67. The van der Waals surface area contributed by atoms with Gasteiger partial charge in [0.25, 0.3) is 0 Å². The van der Waals surface area contributed by atoms with Crippen molar-refractivity contribution in [2.45, 2.75) is 13.8 Å². The number of nitrogens with one attached hydrogen (secondary N) is 1. The van der Waals surface area contributed by atoms with Gasteiger partial charge < -0.3 is 4.74 Å². The highest BCUT2D eigenvalue weighted by Crippen LogP contribution is 1.70. The van der Waals surface area contributed by atoms with Gasteiger partial charge in [0.1, 0.15) is 0 Å². The maximum absolute atomic E-state index is 6.67. The molecule has 0 rings (SSSR count). The summed E-state index contributed by atoms with van der Waals surface area (Å²) < 4.78 is 4.62. The fourth-order valence-electron chi connectivity index (χ4n) is 0.217. The van der Waals surface area contributed by atoms with E-state index < -0.39 is 0 Å². The maximum Gasteiger partial charge on any atom is 0.177 e. The van der Waals surface area contributed by atoms with Crippen molar-refractivity contribution in [1.82, 2.24) is 0 Å². The van der Waals surface area contributed by atoms with Crippen LogP contribution in [0, 0.1) is 5.41 Å². The molecular weight excluding hydrogens is 158 g/mol. The van der Waals surface area contributed by atoms with E-state index in [1.54, 1.807) is 6.92 Å². The summed E-state index contributed by atoms with van der Waals surface area (Å²) in [6.07, 6.45) is 0. The summed E-state index contributed by atoms with van der Waals surface area (Å²) in [5.74, 6) is 0.289. The molecule has 0 unspecified atom stereocenters. The van der Waals surface area contributed by atoms with Crippen LogP contribution in [0.15, 0.2) is 0 Å². The molecule has 0 aliphatic carbocycles. The summed E-state index contributed by atoms with van der Waals surface area (Å²) in [4.78, 5) is 0. The molecule has 3 heteroatoms. The number of ether oxygens (including phenoxy) is 1. The monoisotopic (exact) mass is 167 g/mol. The molecule has 0 saturated carbocycles. The van der Waals surface area contributed by atoms with E-state index in [2.05, 4.69) is 4.74 Å². The standard InChI is InChI=1S/C4H9NO.BrH/c1-3-6-4(2)5;/h5H,3H2,1-2H3;1H. The topological polar surface area (TPSA) is 33.1 Å². The van der Waals surface area contributed by atoms with Crippen LogP contribution in [0.5, 0.6) is 0 Å². The Balaban J connectivity index is 0. The zero-order valence-electron chi connectivity index (χ0n) is 4.52. The molecule has 0 aromatic rings. The van der Waals surface area contributed by atoms with Gasteiger partial charge in [0.15, 0.2) is 5.90 Å². The van der Waals surface area contributed by atoms with E-state index >= 15 is 0 Å².